The number of hydrogen-bond acceptors (Lipinski definition) is 4. The van der Waals surface area contributed by atoms with E-state index in [1.165, 1.54) is 12.8 Å². The molecule has 0 spiro atoms. The Morgan fingerprint density at radius 3 is 2.65 bits per heavy atom. The molecule has 1 aromatic heterocycles. The Kier molecular flexibility index (Phi) is 4.44. The summed E-state index contributed by atoms with van der Waals surface area (Å²) in [5.74, 6) is 1.07. The van der Waals surface area contributed by atoms with E-state index in [0.29, 0.717) is 6.04 Å². The van der Waals surface area contributed by atoms with Gasteiger partial charge >= 0.3 is 0 Å². The Bertz CT molecular complexity index is 453. The summed E-state index contributed by atoms with van der Waals surface area (Å²) in [7, 11) is 0. The van der Waals surface area contributed by atoms with Gasteiger partial charge in [0, 0.05) is 38.8 Å². The van der Waals surface area contributed by atoms with E-state index in [1.54, 1.807) is 0 Å². The first-order valence-corrected chi connectivity index (χ1v) is 8.00. The molecule has 2 aliphatic rings. The van der Waals surface area contributed by atoms with E-state index in [-0.39, 0.29) is 0 Å². The summed E-state index contributed by atoms with van der Waals surface area (Å²) in [6.45, 7) is 8.49. The maximum absolute atomic E-state index is 6.26. The summed E-state index contributed by atoms with van der Waals surface area (Å²) in [6, 6.07) is 4.72. The molecule has 1 aliphatic heterocycles. The minimum Gasteiger partial charge on any atom is -0.354 e. The molecule has 0 bridgehead atoms. The highest BCUT2D eigenvalue weighted by atomic mass is 35.5. The third-order valence-corrected chi connectivity index (χ3v) is 4.53. The lowest BCUT2D eigenvalue weighted by molar-refractivity contribution is 0.270. The number of nitrogens with zero attached hydrogens (tertiary/aromatic N) is 3. The maximum Gasteiger partial charge on any atom is 0.129 e. The quantitative estimate of drug-likeness (QED) is 0.901. The lowest BCUT2D eigenvalue weighted by atomic mass is 10.3. The van der Waals surface area contributed by atoms with Crippen LogP contribution in [0.1, 0.15) is 25.5 Å². The normalized spacial score (nSPS) is 20.4. The highest BCUT2D eigenvalue weighted by Crippen LogP contribution is 2.23. The second-order valence-corrected chi connectivity index (χ2v) is 6.08. The number of aromatic nitrogens is 1. The van der Waals surface area contributed by atoms with Gasteiger partial charge in [-0.25, -0.2) is 4.98 Å². The van der Waals surface area contributed by atoms with Crippen molar-refractivity contribution in [3.63, 3.8) is 0 Å². The molecule has 0 unspecified atom stereocenters. The van der Waals surface area contributed by atoms with Crippen LogP contribution >= 0.6 is 11.6 Å². The van der Waals surface area contributed by atoms with Crippen LogP contribution in [0, 0.1) is 0 Å². The van der Waals surface area contributed by atoms with Crippen molar-refractivity contribution in [2.75, 3.05) is 37.6 Å². The third kappa shape index (κ3) is 3.43. The molecule has 0 radical (unpaired) electrons. The minimum absolute atomic E-state index is 0.685. The fourth-order valence-corrected chi connectivity index (χ4v) is 2.77. The summed E-state index contributed by atoms with van der Waals surface area (Å²) < 4.78 is 0. The first kappa shape index (κ1) is 14.1. The van der Waals surface area contributed by atoms with Crippen LogP contribution in [-0.2, 0) is 6.54 Å². The average molecular weight is 295 g/mol. The first-order valence-electron chi connectivity index (χ1n) is 7.62. The molecule has 2 fully saturated rings. The van der Waals surface area contributed by atoms with Crippen LogP contribution in [-0.4, -0.2) is 48.6 Å². The van der Waals surface area contributed by atoms with Gasteiger partial charge in [0.1, 0.15) is 5.82 Å². The zero-order chi connectivity index (χ0) is 13.9. The average Bonchev–Trinajstić information content (AvgIpc) is 3.31. The Hall–Kier alpha value is -0.840. The second-order valence-electron chi connectivity index (χ2n) is 5.67. The van der Waals surface area contributed by atoms with Crippen molar-refractivity contribution in [3.05, 3.63) is 22.8 Å². The Labute approximate surface area is 126 Å². The zero-order valence-electron chi connectivity index (χ0n) is 12.1. The molecule has 5 heteroatoms. The van der Waals surface area contributed by atoms with Crippen molar-refractivity contribution < 1.29 is 0 Å². The molecule has 3 rings (SSSR count). The molecule has 1 saturated heterocycles. The van der Waals surface area contributed by atoms with E-state index >= 15 is 0 Å². The summed E-state index contributed by atoms with van der Waals surface area (Å²) in [6.07, 6.45) is 2.58. The number of nitrogens with one attached hydrogen (secondary N) is 1. The molecule has 1 aromatic rings. The molecule has 2 heterocycles. The van der Waals surface area contributed by atoms with Crippen LogP contribution in [0.3, 0.4) is 0 Å². The number of piperazine rings is 1. The number of halogens is 1. The van der Waals surface area contributed by atoms with Gasteiger partial charge in [0.05, 0.1) is 10.7 Å². The molecule has 1 aliphatic carbocycles. The van der Waals surface area contributed by atoms with Crippen LogP contribution < -0.4 is 10.2 Å². The van der Waals surface area contributed by atoms with Gasteiger partial charge in [0.2, 0.25) is 0 Å². The molecular weight excluding hydrogens is 272 g/mol. The molecule has 1 N–H and O–H groups in total. The first-order chi connectivity index (χ1) is 9.76. The predicted octanol–water partition coefficient (Wildman–Crippen LogP) is 2.13. The summed E-state index contributed by atoms with van der Waals surface area (Å²) in [5.41, 5.74) is 0.981. The Morgan fingerprint density at radius 1 is 1.25 bits per heavy atom. The van der Waals surface area contributed by atoms with E-state index in [0.717, 1.165) is 55.8 Å². The van der Waals surface area contributed by atoms with Crippen LogP contribution in [0.5, 0.6) is 0 Å². The van der Waals surface area contributed by atoms with Gasteiger partial charge in [-0.1, -0.05) is 18.5 Å². The minimum atomic E-state index is 0.685. The van der Waals surface area contributed by atoms with E-state index in [1.807, 2.05) is 12.1 Å². The molecule has 0 aromatic carbocycles. The smallest absolute Gasteiger partial charge is 0.129 e. The van der Waals surface area contributed by atoms with Crippen LogP contribution in [0.4, 0.5) is 5.82 Å². The summed E-state index contributed by atoms with van der Waals surface area (Å²) >= 11 is 6.26. The summed E-state index contributed by atoms with van der Waals surface area (Å²) in [4.78, 5) is 9.60. The highest BCUT2D eigenvalue weighted by Gasteiger charge is 2.21. The predicted molar refractivity (Wildman–Crippen MR) is 83.4 cm³/mol. The van der Waals surface area contributed by atoms with Crippen molar-refractivity contribution in [1.29, 1.82) is 0 Å². The fraction of sp³-hybridized carbons (Fsp3) is 0.667. The summed E-state index contributed by atoms with van der Waals surface area (Å²) in [5, 5.41) is 4.26. The Morgan fingerprint density at radius 2 is 2.00 bits per heavy atom. The van der Waals surface area contributed by atoms with Gasteiger partial charge in [0.15, 0.2) is 0 Å². The van der Waals surface area contributed by atoms with Crippen molar-refractivity contribution >= 4 is 17.4 Å². The zero-order valence-corrected chi connectivity index (χ0v) is 12.9. The standard InChI is InChI=1S/C15H23ClN4/c1-2-19-7-9-20(10-8-19)15-6-5-13(16)14(18-15)11-17-12-3-4-12/h5-6,12,17H,2-4,7-11H2,1H3. The van der Waals surface area contributed by atoms with Gasteiger partial charge in [0.25, 0.3) is 0 Å². The molecule has 0 amide bonds. The maximum atomic E-state index is 6.26. The number of anilines is 1. The van der Waals surface area contributed by atoms with Gasteiger partial charge in [-0.15, -0.1) is 0 Å². The largest absolute Gasteiger partial charge is 0.354 e. The highest BCUT2D eigenvalue weighted by molar-refractivity contribution is 6.31. The third-order valence-electron chi connectivity index (χ3n) is 4.18. The van der Waals surface area contributed by atoms with Crippen molar-refractivity contribution in [3.8, 4) is 0 Å². The van der Waals surface area contributed by atoms with Gasteiger partial charge in [-0.05, 0) is 31.5 Å². The second kappa shape index (κ2) is 6.29. The van der Waals surface area contributed by atoms with E-state index in [9.17, 15) is 0 Å². The molecule has 4 nitrogen and oxygen atoms in total. The molecule has 20 heavy (non-hydrogen) atoms. The van der Waals surface area contributed by atoms with Gasteiger partial charge in [-0.2, -0.15) is 0 Å². The van der Waals surface area contributed by atoms with Gasteiger partial charge in [-0.3, -0.25) is 0 Å². The molecular formula is C15H23ClN4. The monoisotopic (exact) mass is 294 g/mol. The fourth-order valence-electron chi connectivity index (χ4n) is 2.59. The van der Waals surface area contributed by atoms with Gasteiger partial charge < -0.3 is 15.1 Å². The van der Waals surface area contributed by atoms with E-state index in [2.05, 4.69) is 22.0 Å². The van der Waals surface area contributed by atoms with E-state index < -0.39 is 0 Å². The van der Waals surface area contributed by atoms with E-state index in [4.69, 9.17) is 16.6 Å². The van der Waals surface area contributed by atoms with Crippen LogP contribution in [0.15, 0.2) is 12.1 Å². The number of likely N-dealkylation sites (N-methyl/N-ethyl adjacent to an activating group) is 1. The van der Waals surface area contributed by atoms with Crippen molar-refractivity contribution in [1.82, 2.24) is 15.2 Å². The lowest BCUT2D eigenvalue weighted by Gasteiger charge is -2.35. The lowest BCUT2D eigenvalue weighted by Crippen LogP contribution is -2.46. The molecule has 1 saturated carbocycles. The van der Waals surface area contributed by atoms with Crippen molar-refractivity contribution in [2.45, 2.75) is 32.4 Å². The number of rotatable bonds is 5. The topological polar surface area (TPSA) is 31.4 Å². The number of pyridine rings is 1. The number of hydrogen-bond donors (Lipinski definition) is 1. The SMILES string of the molecule is CCN1CCN(c2ccc(Cl)c(CNC3CC3)n2)CC1. The Balaban J connectivity index is 1.65. The van der Waals surface area contributed by atoms with Crippen LogP contribution in [0.25, 0.3) is 0 Å². The van der Waals surface area contributed by atoms with Crippen LogP contribution in [0.2, 0.25) is 5.02 Å². The molecule has 110 valence electrons. The molecule has 0 atom stereocenters. The van der Waals surface area contributed by atoms with Crippen molar-refractivity contribution in [2.24, 2.45) is 0 Å².